The molecule has 1 unspecified atom stereocenters. The normalized spacial score (nSPS) is 19.6. The van der Waals surface area contributed by atoms with Gasteiger partial charge in [-0.15, -0.1) is 0 Å². The van der Waals surface area contributed by atoms with E-state index in [1.165, 1.54) is 20.3 Å². The Labute approximate surface area is 157 Å². The summed E-state index contributed by atoms with van der Waals surface area (Å²) >= 11 is 0. The number of carbonyl (C=O) groups excluding carboxylic acids is 1. The minimum absolute atomic E-state index is 0.222. The number of benzene rings is 2. The molecule has 27 heavy (non-hydrogen) atoms. The number of rotatable bonds is 4. The van der Waals surface area contributed by atoms with Crippen molar-refractivity contribution in [2.75, 3.05) is 45.3 Å². The van der Waals surface area contributed by atoms with Gasteiger partial charge >= 0.3 is 5.97 Å². The Balaban J connectivity index is 1.54. The number of cyclic esters (lactones) is 1. The maximum Gasteiger partial charge on any atom is 0.344 e. The predicted molar refractivity (Wildman–Crippen MR) is 97.9 cm³/mol. The van der Waals surface area contributed by atoms with Crippen LogP contribution in [0.25, 0.3) is 0 Å². The Morgan fingerprint density at radius 1 is 1.04 bits per heavy atom. The molecule has 1 saturated heterocycles. The Kier molecular flexibility index (Phi) is 4.61. The zero-order valence-electron chi connectivity index (χ0n) is 15.3. The van der Waals surface area contributed by atoms with Crippen LogP contribution < -0.4 is 14.4 Å². The first-order valence-corrected chi connectivity index (χ1v) is 8.83. The lowest BCUT2D eigenvalue weighted by Crippen LogP contribution is -2.48. The summed E-state index contributed by atoms with van der Waals surface area (Å²) < 4.78 is 30.3. The van der Waals surface area contributed by atoms with Crippen molar-refractivity contribution in [3.8, 4) is 11.5 Å². The van der Waals surface area contributed by atoms with Crippen LogP contribution in [-0.2, 0) is 4.74 Å². The molecule has 2 aromatic carbocycles. The van der Waals surface area contributed by atoms with Gasteiger partial charge in [0.25, 0.3) is 0 Å². The number of esters is 1. The number of anilines is 1. The number of piperazine rings is 1. The van der Waals surface area contributed by atoms with Crippen molar-refractivity contribution in [2.24, 2.45) is 0 Å². The second-order valence-corrected chi connectivity index (χ2v) is 6.50. The summed E-state index contributed by atoms with van der Waals surface area (Å²) in [5.41, 5.74) is 1.79. The zero-order chi connectivity index (χ0) is 19.0. The van der Waals surface area contributed by atoms with Crippen molar-refractivity contribution in [1.82, 2.24) is 4.90 Å². The average molecular weight is 372 g/mol. The number of fused-ring (bicyclic) bond motifs is 1. The summed E-state index contributed by atoms with van der Waals surface area (Å²) in [5, 5.41) is 0. The summed E-state index contributed by atoms with van der Waals surface area (Å²) in [6, 6.07) is 10.4. The number of carbonyl (C=O) groups is 1. The van der Waals surface area contributed by atoms with E-state index in [9.17, 15) is 9.18 Å². The summed E-state index contributed by atoms with van der Waals surface area (Å²) in [7, 11) is 3.04. The van der Waals surface area contributed by atoms with Crippen LogP contribution in [0.5, 0.6) is 11.5 Å². The Morgan fingerprint density at radius 2 is 1.78 bits per heavy atom. The molecule has 2 aliphatic heterocycles. The molecule has 2 aliphatic rings. The number of halogens is 1. The van der Waals surface area contributed by atoms with Gasteiger partial charge in [-0.05, 0) is 24.3 Å². The number of nitrogens with zero attached hydrogens (tertiary/aromatic N) is 2. The summed E-state index contributed by atoms with van der Waals surface area (Å²) in [5.74, 6) is 0.258. The molecule has 0 saturated carbocycles. The second kappa shape index (κ2) is 7.08. The quantitative estimate of drug-likeness (QED) is 0.770. The van der Waals surface area contributed by atoms with E-state index < -0.39 is 12.2 Å². The first kappa shape index (κ1) is 17.6. The molecule has 0 bridgehead atoms. The van der Waals surface area contributed by atoms with Gasteiger partial charge < -0.3 is 19.1 Å². The number of hydrogen-bond donors (Lipinski definition) is 0. The molecule has 1 atom stereocenters. The largest absolute Gasteiger partial charge is 0.493 e. The molecule has 2 heterocycles. The van der Waals surface area contributed by atoms with E-state index in [0.29, 0.717) is 48.9 Å². The fourth-order valence-corrected chi connectivity index (χ4v) is 3.76. The minimum Gasteiger partial charge on any atom is -0.493 e. The molecule has 4 rings (SSSR count). The van der Waals surface area contributed by atoms with Gasteiger partial charge in [0.05, 0.1) is 19.9 Å². The van der Waals surface area contributed by atoms with E-state index in [-0.39, 0.29) is 5.82 Å². The van der Waals surface area contributed by atoms with Gasteiger partial charge in [-0.25, -0.2) is 9.18 Å². The van der Waals surface area contributed by atoms with Gasteiger partial charge in [0.15, 0.2) is 17.7 Å². The van der Waals surface area contributed by atoms with Crippen LogP contribution in [0.4, 0.5) is 10.1 Å². The van der Waals surface area contributed by atoms with Crippen LogP contribution in [0.3, 0.4) is 0 Å². The molecule has 0 aromatic heterocycles. The lowest BCUT2D eigenvalue weighted by Gasteiger charge is -2.38. The monoisotopic (exact) mass is 372 g/mol. The molecular formula is C20H21FN2O4. The van der Waals surface area contributed by atoms with Crippen LogP contribution in [0.15, 0.2) is 36.4 Å². The highest BCUT2D eigenvalue weighted by molar-refractivity contribution is 5.98. The van der Waals surface area contributed by atoms with Crippen molar-refractivity contribution in [1.29, 1.82) is 0 Å². The molecule has 0 aliphatic carbocycles. The van der Waals surface area contributed by atoms with E-state index in [4.69, 9.17) is 14.2 Å². The van der Waals surface area contributed by atoms with E-state index in [2.05, 4.69) is 4.90 Å². The van der Waals surface area contributed by atoms with E-state index in [1.807, 2.05) is 17.0 Å². The van der Waals surface area contributed by atoms with Gasteiger partial charge in [0.2, 0.25) is 0 Å². The SMILES string of the molecule is COc1ccc2c(c1OC)C(=O)OC2N1CCN(c2ccccc2F)CC1. The lowest BCUT2D eigenvalue weighted by atomic mass is 10.1. The standard InChI is InChI=1S/C20H21FN2O4/c1-25-16-8-7-13-17(18(16)26-2)20(24)27-19(13)23-11-9-22(10-12-23)15-6-4-3-5-14(15)21/h3-8,19H,9-12H2,1-2H3. The summed E-state index contributed by atoms with van der Waals surface area (Å²) in [6.45, 7) is 2.61. The minimum atomic E-state index is -0.463. The third kappa shape index (κ3) is 2.98. The van der Waals surface area contributed by atoms with Crippen molar-refractivity contribution >= 4 is 11.7 Å². The van der Waals surface area contributed by atoms with Crippen molar-refractivity contribution in [2.45, 2.75) is 6.23 Å². The zero-order valence-corrected chi connectivity index (χ0v) is 15.3. The number of hydrogen-bond acceptors (Lipinski definition) is 6. The maximum atomic E-state index is 14.0. The molecule has 0 spiro atoms. The van der Waals surface area contributed by atoms with E-state index in [0.717, 1.165) is 5.56 Å². The highest BCUT2D eigenvalue weighted by Gasteiger charge is 2.40. The fourth-order valence-electron chi connectivity index (χ4n) is 3.76. The second-order valence-electron chi connectivity index (χ2n) is 6.50. The van der Waals surface area contributed by atoms with Crippen molar-refractivity contribution in [3.05, 3.63) is 53.3 Å². The third-order valence-corrected chi connectivity index (χ3v) is 5.11. The number of para-hydroxylation sites is 1. The molecule has 0 N–H and O–H groups in total. The first-order valence-electron chi connectivity index (χ1n) is 8.83. The van der Waals surface area contributed by atoms with Gasteiger partial charge in [-0.2, -0.15) is 0 Å². The van der Waals surface area contributed by atoms with Crippen LogP contribution in [0.2, 0.25) is 0 Å². The first-order chi connectivity index (χ1) is 13.1. The van der Waals surface area contributed by atoms with Crippen LogP contribution >= 0.6 is 0 Å². The van der Waals surface area contributed by atoms with E-state index in [1.54, 1.807) is 18.2 Å². The topological polar surface area (TPSA) is 51.2 Å². The molecule has 6 nitrogen and oxygen atoms in total. The fraction of sp³-hybridized carbons (Fsp3) is 0.350. The van der Waals surface area contributed by atoms with Gasteiger partial charge in [0, 0.05) is 31.7 Å². The van der Waals surface area contributed by atoms with Gasteiger partial charge in [0.1, 0.15) is 11.4 Å². The third-order valence-electron chi connectivity index (χ3n) is 5.11. The van der Waals surface area contributed by atoms with Crippen LogP contribution in [0, 0.1) is 5.82 Å². The molecule has 142 valence electrons. The van der Waals surface area contributed by atoms with Crippen molar-refractivity contribution < 1.29 is 23.4 Å². The van der Waals surface area contributed by atoms with Crippen LogP contribution in [-0.4, -0.2) is 51.3 Å². The van der Waals surface area contributed by atoms with Gasteiger partial charge in [-0.1, -0.05) is 12.1 Å². The van der Waals surface area contributed by atoms with Crippen LogP contribution in [0.1, 0.15) is 22.1 Å². The number of ether oxygens (including phenoxy) is 3. The Morgan fingerprint density at radius 3 is 2.44 bits per heavy atom. The maximum absolute atomic E-state index is 14.0. The predicted octanol–water partition coefficient (Wildman–Crippen LogP) is 2.83. The average Bonchev–Trinajstić information content (AvgIpc) is 3.04. The molecule has 0 amide bonds. The molecule has 2 aromatic rings. The molecule has 1 fully saturated rings. The summed E-state index contributed by atoms with van der Waals surface area (Å²) in [6.07, 6.45) is -0.463. The Bertz CT molecular complexity index is 865. The number of methoxy groups -OCH3 is 2. The van der Waals surface area contributed by atoms with Crippen molar-refractivity contribution in [3.63, 3.8) is 0 Å². The Hall–Kier alpha value is -2.80. The molecular weight excluding hydrogens is 351 g/mol. The van der Waals surface area contributed by atoms with E-state index >= 15 is 0 Å². The highest BCUT2D eigenvalue weighted by atomic mass is 19.1. The smallest absolute Gasteiger partial charge is 0.344 e. The van der Waals surface area contributed by atoms with Gasteiger partial charge in [-0.3, -0.25) is 4.90 Å². The summed E-state index contributed by atoms with van der Waals surface area (Å²) in [4.78, 5) is 16.6. The molecule has 0 radical (unpaired) electrons. The highest BCUT2D eigenvalue weighted by Crippen LogP contribution is 2.43. The lowest BCUT2D eigenvalue weighted by molar-refractivity contribution is -0.0251. The molecule has 7 heteroatoms.